The molecule has 0 saturated carbocycles. The van der Waals surface area contributed by atoms with Crippen molar-refractivity contribution in [2.75, 3.05) is 13.2 Å². The zero-order valence-electron chi connectivity index (χ0n) is 13.5. The van der Waals surface area contributed by atoms with Crippen LogP contribution in [-0.2, 0) is 0 Å². The molecule has 0 saturated heterocycles. The Labute approximate surface area is 129 Å². The van der Waals surface area contributed by atoms with Crippen molar-refractivity contribution in [2.24, 2.45) is 0 Å². The highest BCUT2D eigenvalue weighted by Gasteiger charge is 2.03. The fourth-order valence-electron chi connectivity index (χ4n) is 2.18. The molecule has 1 atom stereocenters. The summed E-state index contributed by atoms with van der Waals surface area (Å²) in [5.74, 6) is 1.71. The SMILES string of the molecule is CCCCCOc1cccc(OCCCC(O)CCC)c1. The molecule has 3 heteroatoms. The van der Waals surface area contributed by atoms with E-state index in [1.807, 2.05) is 24.3 Å². The molecule has 1 aromatic carbocycles. The van der Waals surface area contributed by atoms with Gasteiger partial charge in [0, 0.05) is 6.07 Å². The molecule has 3 nitrogen and oxygen atoms in total. The topological polar surface area (TPSA) is 38.7 Å². The smallest absolute Gasteiger partial charge is 0.122 e. The van der Waals surface area contributed by atoms with Crippen LogP contribution in [0.4, 0.5) is 0 Å². The number of ether oxygens (including phenoxy) is 2. The van der Waals surface area contributed by atoms with Crippen molar-refractivity contribution in [1.29, 1.82) is 0 Å². The molecular weight excluding hydrogens is 264 g/mol. The largest absolute Gasteiger partial charge is 0.493 e. The van der Waals surface area contributed by atoms with Crippen LogP contribution in [0.2, 0.25) is 0 Å². The van der Waals surface area contributed by atoms with Gasteiger partial charge in [-0.2, -0.15) is 0 Å². The number of hydrogen-bond acceptors (Lipinski definition) is 3. The summed E-state index contributed by atoms with van der Waals surface area (Å²) >= 11 is 0. The summed E-state index contributed by atoms with van der Waals surface area (Å²) in [6, 6.07) is 7.80. The first-order valence-electron chi connectivity index (χ1n) is 8.30. The number of benzene rings is 1. The standard InChI is InChI=1S/C18H30O3/c1-3-5-6-13-20-17-11-7-12-18(15-17)21-14-8-10-16(19)9-4-2/h7,11-12,15-16,19H,3-6,8-10,13-14H2,1-2H3. The second-order valence-corrected chi connectivity index (χ2v) is 5.46. The van der Waals surface area contributed by atoms with Gasteiger partial charge in [-0.15, -0.1) is 0 Å². The molecule has 1 unspecified atom stereocenters. The normalized spacial score (nSPS) is 12.1. The fourth-order valence-corrected chi connectivity index (χ4v) is 2.18. The zero-order chi connectivity index (χ0) is 15.3. The molecule has 0 aliphatic rings. The highest BCUT2D eigenvalue weighted by Crippen LogP contribution is 2.20. The van der Waals surface area contributed by atoms with E-state index in [9.17, 15) is 5.11 Å². The Balaban J connectivity index is 2.22. The van der Waals surface area contributed by atoms with Gasteiger partial charge in [0.1, 0.15) is 11.5 Å². The van der Waals surface area contributed by atoms with E-state index < -0.39 is 0 Å². The van der Waals surface area contributed by atoms with Crippen molar-refractivity contribution in [3.63, 3.8) is 0 Å². The summed E-state index contributed by atoms with van der Waals surface area (Å²) < 4.78 is 11.4. The van der Waals surface area contributed by atoms with Crippen LogP contribution in [0.25, 0.3) is 0 Å². The third-order valence-corrected chi connectivity index (χ3v) is 3.39. The number of aliphatic hydroxyl groups excluding tert-OH is 1. The van der Waals surface area contributed by atoms with Crippen molar-refractivity contribution < 1.29 is 14.6 Å². The molecular formula is C18H30O3. The summed E-state index contributed by atoms with van der Waals surface area (Å²) in [6.07, 6.45) is 6.90. The highest BCUT2D eigenvalue weighted by molar-refractivity contribution is 5.32. The lowest BCUT2D eigenvalue weighted by Gasteiger charge is -2.11. The van der Waals surface area contributed by atoms with E-state index in [0.717, 1.165) is 50.2 Å². The molecule has 0 aromatic heterocycles. The number of aliphatic hydroxyl groups is 1. The molecule has 0 radical (unpaired) electrons. The minimum Gasteiger partial charge on any atom is -0.493 e. The summed E-state index contributed by atoms with van der Waals surface area (Å²) in [7, 11) is 0. The summed E-state index contributed by atoms with van der Waals surface area (Å²) in [5, 5.41) is 9.66. The third-order valence-electron chi connectivity index (χ3n) is 3.39. The maximum Gasteiger partial charge on any atom is 0.122 e. The monoisotopic (exact) mass is 294 g/mol. The van der Waals surface area contributed by atoms with Crippen LogP contribution in [0.1, 0.15) is 58.8 Å². The minimum atomic E-state index is -0.188. The molecule has 0 fully saturated rings. The van der Waals surface area contributed by atoms with Gasteiger partial charge < -0.3 is 14.6 Å². The van der Waals surface area contributed by atoms with Crippen LogP contribution in [0.5, 0.6) is 11.5 Å². The van der Waals surface area contributed by atoms with E-state index in [2.05, 4.69) is 13.8 Å². The average Bonchev–Trinajstić information content (AvgIpc) is 2.49. The second-order valence-electron chi connectivity index (χ2n) is 5.46. The number of hydrogen-bond donors (Lipinski definition) is 1. The van der Waals surface area contributed by atoms with Gasteiger partial charge in [0.25, 0.3) is 0 Å². The lowest BCUT2D eigenvalue weighted by atomic mass is 10.1. The molecule has 120 valence electrons. The fraction of sp³-hybridized carbons (Fsp3) is 0.667. The van der Waals surface area contributed by atoms with Crippen LogP contribution >= 0.6 is 0 Å². The average molecular weight is 294 g/mol. The van der Waals surface area contributed by atoms with E-state index in [1.165, 1.54) is 12.8 Å². The Hall–Kier alpha value is -1.22. The van der Waals surface area contributed by atoms with Gasteiger partial charge in [-0.05, 0) is 37.8 Å². The molecule has 0 bridgehead atoms. The van der Waals surface area contributed by atoms with E-state index in [1.54, 1.807) is 0 Å². The Morgan fingerprint density at radius 1 is 0.905 bits per heavy atom. The highest BCUT2D eigenvalue weighted by atomic mass is 16.5. The van der Waals surface area contributed by atoms with Crippen LogP contribution in [0.15, 0.2) is 24.3 Å². The Kier molecular flexibility index (Phi) is 9.71. The van der Waals surface area contributed by atoms with Crippen LogP contribution in [-0.4, -0.2) is 24.4 Å². The molecule has 1 rings (SSSR count). The molecule has 0 aliphatic heterocycles. The van der Waals surface area contributed by atoms with E-state index >= 15 is 0 Å². The molecule has 0 amide bonds. The molecule has 0 aliphatic carbocycles. The summed E-state index contributed by atoms with van der Waals surface area (Å²) in [5.41, 5.74) is 0. The van der Waals surface area contributed by atoms with Crippen LogP contribution in [0.3, 0.4) is 0 Å². The van der Waals surface area contributed by atoms with E-state index in [0.29, 0.717) is 6.61 Å². The maximum absolute atomic E-state index is 9.66. The van der Waals surface area contributed by atoms with Crippen molar-refractivity contribution >= 4 is 0 Å². The molecule has 1 aromatic rings. The predicted octanol–water partition coefficient (Wildman–Crippen LogP) is 4.58. The minimum absolute atomic E-state index is 0.188. The Morgan fingerprint density at radius 2 is 1.57 bits per heavy atom. The van der Waals surface area contributed by atoms with Crippen LogP contribution in [0, 0.1) is 0 Å². The number of unbranched alkanes of at least 4 members (excludes halogenated alkanes) is 2. The zero-order valence-corrected chi connectivity index (χ0v) is 13.5. The first-order valence-corrected chi connectivity index (χ1v) is 8.30. The van der Waals surface area contributed by atoms with Crippen molar-refractivity contribution in [1.82, 2.24) is 0 Å². The van der Waals surface area contributed by atoms with Gasteiger partial charge in [-0.25, -0.2) is 0 Å². The van der Waals surface area contributed by atoms with E-state index in [-0.39, 0.29) is 6.10 Å². The van der Waals surface area contributed by atoms with Crippen molar-refractivity contribution in [3.05, 3.63) is 24.3 Å². The maximum atomic E-state index is 9.66. The summed E-state index contributed by atoms with van der Waals surface area (Å²) in [4.78, 5) is 0. The predicted molar refractivity (Wildman–Crippen MR) is 87.1 cm³/mol. The van der Waals surface area contributed by atoms with Gasteiger partial charge in [0.2, 0.25) is 0 Å². The summed E-state index contributed by atoms with van der Waals surface area (Å²) in [6.45, 7) is 5.68. The van der Waals surface area contributed by atoms with Gasteiger partial charge in [-0.1, -0.05) is 39.2 Å². The van der Waals surface area contributed by atoms with Gasteiger partial charge >= 0.3 is 0 Å². The lowest BCUT2D eigenvalue weighted by Crippen LogP contribution is -2.08. The molecule has 0 spiro atoms. The molecule has 21 heavy (non-hydrogen) atoms. The van der Waals surface area contributed by atoms with Crippen molar-refractivity contribution in [2.45, 2.75) is 64.9 Å². The van der Waals surface area contributed by atoms with Gasteiger partial charge in [0.15, 0.2) is 0 Å². The third kappa shape index (κ3) is 8.61. The van der Waals surface area contributed by atoms with Gasteiger partial charge in [-0.3, -0.25) is 0 Å². The molecule has 0 heterocycles. The van der Waals surface area contributed by atoms with E-state index in [4.69, 9.17) is 9.47 Å². The first kappa shape index (κ1) is 17.8. The second kappa shape index (κ2) is 11.4. The van der Waals surface area contributed by atoms with Gasteiger partial charge in [0.05, 0.1) is 19.3 Å². The van der Waals surface area contributed by atoms with Crippen molar-refractivity contribution in [3.8, 4) is 11.5 Å². The number of rotatable bonds is 12. The Morgan fingerprint density at radius 3 is 2.19 bits per heavy atom. The quantitative estimate of drug-likeness (QED) is 0.574. The van der Waals surface area contributed by atoms with Crippen LogP contribution < -0.4 is 9.47 Å². The molecule has 1 N–H and O–H groups in total. The Bertz CT molecular complexity index is 365. The first-order chi connectivity index (χ1) is 10.3. The lowest BCUT2D eigenvalue weighted by molar-refractivity contribution is 0.142.